The van der Waals surface area contributed by atoms with Crippen molar-refractivity contribution in [3.8, 4) is 11.3 Å². The van der Waals surface area contributed by atoms with Crippen molar-refractivity contribution in [3.63, 3.8) is 0 Å². The van der Waals surface area contributed by atoms with Crippen LogP contribution in [0.15, 0.2) is 70.7 Å². The summed E-state index contributed by atoms with van der Waals surface area (Å²) in [7, 11) is 5.34. The molecule has 4 aromatic rings. The number of hydrogen-bond acceptors (Lipinski definition) is 14. The molecule has 0 bridgehead atoms. The van der Waals surface area contributed by atoms with Gasteiger partial charge in [-0.15, -0.1) is 0 Å². The summed E-state index contributed by atoms with van der Waals surface area (Å²) in [5, 5.41) is 8.66. The van der Waals surface area contributed by atoms with Crippen LogP contribution in [0.1, 0.15) is 92.0 Å². The zero-order valence-electron chi connectivity index (χ0n) is 41.2. The monoisotopic (exact) mass is 965 g/mol. The van der Waals surface area contributed by atoms with Crippen molar-refractivity contribution in [2.45, 2.75) is 83.6 Å². The van der Waals surface area contributed by atoms with Crippen LogP contribution in [0.2, 0.25) is 0 Å². The molecule has 3 aliphatic rings. The number of nitrogens with zero attached hydrogens (tertiary/aromatic N) is 7. The molecule has 3 N–H and O–H groups in total. The van der Waals surface area contributed by atoms with E-state index in [1.807, 2.05) is 69.6 Å². The van der Waals surface area contributed by atoms with Gasteiger partial charge in [-0.25, -0.2) is 18.7 Å². The van der Waals surface area contributed by atoms with Crippen LogP contribution in [0.5, 0.6) is 0 Å². The lowest BCUT2D eigenvalue weighted by atomic mass is 9.71. The molecule has 370 valence electrons. The van der Waals surface area contributed by atoms with Crippen LogP contribution in [0.25, 0.3) is 11.3 Å². The Morgan fingerprint density at radius 2 is 1.61 bits per heavy atom. The highest BCUT2D eigenvalue weighted by Crippen LogP contribution is 2.44. The van der Waals surface area contributed by atoms with Crippen LogP contribution in [-0.2, 0) is 14.4 Å². The second-order valence-electron chi connectivity index (χ2n) is 17.9. The summed E-state index contributed by atoms with van der Waals surface area (Å²) in [6.07, 6.45) is 9.27. The molecule has 1 aromatic heterocycles. The van der Waals surface area contributed by atoms with Gasteiger partial charge >= 0.3 is 0 Å². The molecule has 0 saturated carbocycles. The number of hydrogen-bond donors (Lipinski definition) is 3. The molecule has 0 atom stereocenters. The summed E-state index contributed by atoms with van der Waals surface area (Å²) < 4.78 is 17.4. The number of aryl methyl sites for hydroxylation is 1. The number of aromatic nitrogens is 2. The van der Waals surface area contributed by atoms with Crippen molar-refractivity contribution >= 4 is 78.0 Å². The highest BCUT2D eigenvalue weighted by atomic mass is 32.2. The highest BCUT2D eigenvalue weighted by molar-refractivity contribution is 7.97. The lowest BCUT2D eigenvalue weighted by Crippen LogP contribution is -2.55. The summed E-state index contributed by atoms with van der Waals surface area (Å²) in [5.41, 5.74) is 6.03. The van der Waals surface area contributed by atoms with Crippen molar-refractivity contribution in [2.75, 3.05) is 82.1 Å². The highest BCUT2D eigenvalue weighted by Gasteiger charge is 2.42. The van der Waals surface area contributed by atoms with Crippen molar-refractivity contribution in [3.05, 3.63) is 83.3 Å². The third-order valence-corrected chi connectivity index (χ3v) is 13.9. The van der Waals surface area contributed by atoms with E-state index in [1.54, 1.807) is 25.1 Å². The van der Waals surface area contributed by atoms with Crippen molar-refractivity contribution in [1.82, 2.24) is 29.8 Å². The van der Waals surface area contributed by atoms with Crippen LogP contribution >= 0.6 is 11.9 Å². The van der Waals surface area contributed by atoms with Crippen LogP contribution in [-0.4, -0.2) is 130 Å². The van der Waals surface area contributed by atoms with Gasteiger partial charge in [0, 0.05) is 93.5 Å². The fraction of sp³-hybridized carbons (Fsp3) is 0.462. The first-order chi connectivity index (χ1) is 33.3. The SMILES string of the molecule is C=Nc1c(C)cc(-c2nc(Nc3ccc(SN4CC(C(=O)N5CCC6(CC5)CCN(c5cccc(C=O)c5C(=O)NC)CC6)C4)cc3)ncc2F)cc1N(CC)C(C)C.CNC.O=CCCCC=O. The van der Waals surface area contributed by atoms with Gasteiger partial charge in [0.25, 0.3) is 5.91 Å². The number of aliphatic imine (C=N–C) groups is 1. The molecular formula is C52H69FN10O5S. The number of rotatable bonds is 17. The Balaban J connectivity index is 0.000000806. The topological polar surface area (TPSA) is 173 Å². The van der Waals surface area contributed by atoms with E-state index in [9.17, 15) is 24.0 Å². The van der Waals surface area contributed by atoms with E-state index in [-0.39, 0.29) is 34.9 Å². The number of piperidine rings is 2. The summed E-state index contributed by atoms with van der Waals surface area (Å²) in [4.78, 5) is 77.7. The molecule has 3 fully saturated rings. The zero-order valence-corrected chi connectivity index (χ0v) is 42.0. The van der Waals surface area contributed by atoms with Crippen LogP contribution in [0, 0.1) is 24.1 Å². The van der Waals surface area contributed by atoms with Crippen LogP contribution < -0.4 is 25.8 Å². The third kappa shape index (κ3) is 13.8. The second-order valence-corrected chi connectivity index (χ2v) is 19.1. The predicted octanol–water partition coefficient (Wildman–Crippen LogP) is 8.31. The average molecular weight is 965 g/mol. The normalized spacial score (nSPS) is 15.4. The summed E-state index contributed by atoms with van der Waals surface area (Å²) in [6, 6.07) is 17.4. The standard InChI is InChI=1S/C45H54FN9O3S.C5H8O2.C2H7N/c1-7-55(29(2)3)38-24-32(23-30(4)40(38)47-5)41-36(46)25-49-44(51-41)50-34-11-13-35(14-12-34)59-54-26-33(27-54)43(58)53-21-17-45(18-22-53)15-19-52(20-16-45)37-10-8-9-31(28-56)39(37)42(57)48-6;6-4-2-1-3-5-7;1-3-2/h8-14,23-25,28-29,33H,5,7,15-22,26-27H2,1-4,6H3,(H,48,57)(H,49,50,51);4-5H,1-3H2;3H,1-2H3. The minimum Gasteiger partial charge on any atom is -0.371 e. The maximum atomic E-state index is 15.2. The predicted molar refractivity (Wildman–Crippen MR) is 276 cm³/mol. The minimum atomic E-state index is -0.508. The summed E-state index contributed by atoms with van der Waals surface area (Å²) in [6.45, 7) is 17.4. The van der Waals surface area contributed by atoms with Gasteiger partial charge < -0.3 is 40.2 Å². The molecule has 4 heterocycles. The van der Waals surface area contributed by atoms with Crippen molar-refractivity contribution in [2.24, 2.45) is 16.3 Å². The molecule has 3 aliphatic heterocycles. The Kier molecular flexibility index (Phi) is 20.4. The molecular weight excluding hydrogens is 896 g/mol. The van der Waals surface area contributed by atoms with E-state index in [2.05, 4.69) is 77.4 Å². The maximum absolute atomic E-state index is 15.2. The van der Waals surface area contributed by atoms with Gasteiger partial charge in [-0.1, -0.05) is 12.1 Å². The molecule has 0 aliphatic carbocycles. The van der Waals surface area contributed by atoms with Crippen molar-refractivity contribution < 1.29 is 28.4 Å². The van der Waals surface area contributed by atoms with E-state index < -0.39 is 5.82 Å². The van der Waals surface area contributed by atoms with Gasteiger partial charge in [-0.05, 0) is 146 Å². The number of carbonyl (C=O) groups excluding carboxylic acids is 5. The molecule has 69 heavy (non-hydrogen) atoms. The number of anilines is 4. The van der Waals surface area contributed by atoms with Gasteiger partial charge in [0.05, 0.1) is 34.7 Å². The molecule has 0 unspecified atom stereocenters. The first-order valence-electron chi connectivity index (χ1n) is 23.8. The average Bonchev–Trinajstić information content (AvgIpc) is 3.34. The number of halogens is 1. The third-order valence-electron chi connectivity index (χ3n) is 12.9. The first-order valence-corrected chi connectivity index (χ1v) is 24.6. The molecule has 3 aromatic carbocycles. The van der Waals surface area contributed by atoms with Crippen LogP contribution in [0.3, 0.4) is 0 Å². The summed E-state index contributed by atoms with van der Waals surface area (Å²) in [5.74, 6) is -0.223. The number of benzene rings is 3. The van der Waals surface area contributed by atoms with Gasteiger partial charge in [0.2, 0.25) is 11.9 Å². The molecule has 0 radical (unpaired) electrons. The molecule has 3 saturated heterocycles. The smallest absolute Gasteiger partial charge is 0.253 e. The van der Waals surface area contributed by atoms with Gasteiger partial charge in [0.15, 0.2) is 12.1 Å². The van der Waals surface area contributed by atoms with Crippen LogP contribution in [0.4, 0.5) is 33.1 Å². The lowest BCUT2D eigenvalue weighted by Gasteiger charge is -2.49. The Morgan fingerprint density at radius 1 is 0.971 bits per heavy atom. The second kappa shape index (κ2) is 26.1. The Bertz CT molecular complexity index is 2370. The maximum Gasteiger partial charge on any atom is 0.253 e. The number of unbranched alkanes of at least 4 members (excludes halogenated alkanes) is 2. The number of likely N-dealkylation sites (tertiary alicyclic amines) is 1. The van der Waals surface area contributed by atoms with Gasteiger partial charge in [0.1, 0.15) is 18.3 Å². The van der Waals surface area contributed by atoms with E-state index in [0.717, 1.165) is 110 Å². The molecule has 17 heteroatoms. The Labute approximate surface area is 411 Å². The minimum absolute atomic E-state index is 0.00286. The van der Waals surface area contributed by atoms with E-state index in [4.69, 9.17) is 0 Å². The van der Waals surface area contributed by atoms with Gasteiger partial charge in [-0.3, -0.25) is 19.4 Å². The van der Waals surface area contributed by atoms with E-state index >= 15 is 4.39 Å². The molecule has 7 rings (SSSR count). The molecule has 2 amide bonds. The molecule has 1 spiro atoms. The molecule has 15 nitrogen and oxygen atoms in total. The Hall–Kier alpha value is -6.04. The number of carbonyl (C=O) groups is 5. The number of nitrogens with one attached hydrogen (secondary N) is 3. The van der Waals surface area contributed by atoms with Crippen molar-refractivity contribution in [1.29, 1.82) is 0 Å². The first kappa shape index (κ1) is 53.9. The fourth-order valence-electron chi connectivity index (χ4n) is 9.07. The lowest BCUT2D eigenvalue weighted by molar-refractivity contribution is -0.141. The van der Waals surface area contributed by atoms with E-state index in [0.29, 0.717) is 55.0 Å². The largest absolute Gasteiger partial charge is 0.371 e. The zero-order chi connectivity index (χ0) is 50.1. The van der Waals surface area contributed by atoms with Gasteiger partial charge in [-0.2, -0.15) is 0 Å². The summed E-state index contributed by atoms with van der Waals surface area (Å²) >= 11 is 1.64. The Morgan fingerprint density at radius 3 is 2.17 bits per heavy atom. The number of aldehydes is 3. The quantitative estimate of drug-likeness (QED) is 0.0400. The fourth-order valence-corrected chi connectivity index (χ4v) is 10.1. The number of amides is 2. The van der Waals surface area contributed by atoms with E-state index in [1.165, 1.54) is 6.20 Å².